The van der Waals surface area contributed by atoms with Gasteiger partial charge in [0.2, 0.25) is 5.91 Å². The third-order valence-corrected chi connectivity index (χ3v) is 4.36. The molecule has 2 fully saturated rings. The van der Waals surface area contributed by atoms with Crippen molar-refractivity contribution in [2.45, 2.75) is 51.9 Å². The lowest BCUT2D eigenvalue weighted by molar-refractivity contribution is -0.144. The van der Waals surface area contributed by atoms with Crippen molar-refractivity contribution in [2.24, 2.45) is 5.92 Å². The highest BCUT2D eigenvalue weighted by atomic mass is 16.5. The van der Waals surface area contributed by atoms with Crippen LogP contribution in [0.15, 0.2) is 0 Å². The maximum Gasteiger partial charge on any atom is 0.236 e. The summed E-state index contributed by atoms with van der Waals surface area (Å²) in [7, 11) is 0. The van der Waals surface area contributed by atoms with Gasteiger partial charge in [0.1, 0.15) is 0 Å². The van der Waals surface area contributed by atoms with Crippen molar-refractivity contribution in [1.29, 1.82) is 0 Å². The number of hydrogen-bond acceptors (Lipinski definition) is 4. The Labute approximate surface area is 121 Å². The summed E-state index contributed by atoms with van der Waals surface area (Å²) in [6.45, 7) is 9.53. The average molecular weight is 284 g/mol. The third kappa shape index (κ3) is 4.17. The molecular weight excluding hydrogens is 256 g/mol. The Kier molecular flexibility index (Phi) is 5.41. The number of carbonyl (C=O) groups excluding carboxylic acids is 1. The number of nitrogens with zero attached hydrogens (tertiary/aromatic N) is 2. The number of hydrogen-bond donors (Lipinski definition) is 1. The van der Waals surface area contributed by atoms with Crippen LogP contribution in [0.4, 0.5) is 0 Å². The predicted molar refractivity (Wildman–Crippen MR) is 77.4 cm³/mol. The second kappa shape index (κ2) is 6.87. The van der Waals surface area contributed by atoms with Crippen molar-refractivity contribution in [3.63, 3.8) is 0 Å². The lowest BCUT2D eigenvalue weighted by Crippen LogP contribution is -2.52. The highest BCUT2D eigenvalue weighted by Gasteiger charge is 2.29. The van der Waals surface area contributed by atoms with Crippen molar-refractivity contribution < 1.29 is 14.6 Å². The minimum absolute atomic E-state index is 0.120. The largest absolute Gasteiger partial charge is 0.393 e. The molecule has 1 N–H and O–H groups in total. The number of morpholine rings is 1. The molecule has 0 bridgehead atoms. The normalized spacial score (nSPS) is 34.0. The zero-order valence-electron chi connectivity index (χ0n) is 12.9. The Morgan fingerprint density at radius 3 is 2.55 bits per heavy atom. The predicted octanol–water partition coefficient (Wildman–Crippen LogP) is 0.715. The van der Waals surface area contributed by atoms with E-state index in [9.17, 15) is 9.90 Å². The average Bonchev–Trinajstić information content (AvgIpc) is 2.37. The minimum Gasteiger partial charge on any atom is -0.393 e. The van der Waals surface area contributed by atoms with E-state index in [0.29, 0.717) is 25.6 Å². The maximum atomic E-state index is 12.4. The van der Waals surface area contributed by atoms with E-state index in [1.807, 2.05) is 25.7 Å². The van der Waals surface area contributed by atoms with E-state index in [1.54, 1.807) is 0 Å². The molecule has 2 saturated heterocycles. The number of piperidine rings is 1. The topological polar surface area (TPSA) is 53.0 Å². The van der Waals surface area contributed by atoms with Crippen LogP contribution in [0.3, 0.4) is 0 Å². The maximum absolute atomic E-state index is 12.4. The van der Waals surface area contributed by atoms with Gasteiger partial charge in [0.25, 0.3) is 0 Å². The highest BCUT2D eigenvalue weighted by molar-refractivity contribution is 5.78. The molecule has 1 amide bonds. The molecule has 5 nitrogen and oxygen atoms in total. The van der Waals surface area contributed by atoms with Crippen LogP contribution < -0.4 is 0 Å². The van der Waals surface area contributed by atoms with Gasteiger partial charge in [-0.15, -0.1) is 0 Å². The molecule has 2 heterocycles. The smallest absolute Gasteiger partial charge is 0.236 e. The van der Waals surface area contributed by atoms with Crippen LogP contribution in [0.2, 0.25) is 0 Å². The van der Waals surface area contributed by atoms with Gasteiger partial charge < -0.3 is 14.7 Å². The summed E-state index contributed by atoms with van der Waals surface area (Å²) in [6.07, 6.45) is 2.09. The van der Waals surface area contributed by atoms with Crippen molar-refractivity contribution >= 4 is 5.91 Å². The van der Waals surface area contributed by atoms with Gasteiger partial charge in [0, 0.05) is 19.6 Å². The Bertz CT molecular complexity index is 325. The van der Waals surface area contributed by atoms with E-state index in [1.165, 1.54) is 0 Å². The molecule has 0 aromatic rings. The number of aliphatic hydroxyl groups is 1. The second-order valence-corrected chi connectivity index (χ2v) is 6.43. The first kappa shape index (κ1) is 15.7. The molecule has 0 aliphatic carbocycles. The zero-order chi connectivity index (χ0) is 14.7. The van der Waals surface area contributed by atoms with Gasteiger partial charge in [0.15, 0.2) is 0 Å². The highest BCUT2D eigenvalue weighted by Crippen LogP contribution is 2.20. The fourth-order valence-corrected chi connectivity index (χ4v) is 3.30. The van der Waals surface area contributed by atoms with E-state index in [-0.39, 0.29) is 24.2 Å². The number of aliphatic hydroxyl groups excluding tert-OH is 1. The van der Waals surface area contributed by atoms with Crippen molar-refractivity contribution in [3.05, 3.63) is 0 Å². The molecule has 0 aromatic carbocycles. The van der Waals surface area contributed by atoms with Gasteiger partial charge in [-0.05, 0) is 46.1 Å². The van der Waals surface area contributed by atoms with Crippen molar-refractivity contribution in [3.8, 4) is 0 Å². The van der Waals surface area contributed by atoms with Crippen LogP contribution in [0, 0.1) is 5.92 Å². The molecular formula is C15H28N2O3. The Morgan fingerprint density at radius 2 is 1.95 bits per heavy atom. The Balaban J connectivity index is 1.84. The summed E-state index contributed by atoms with van der Waals surface area (Å²) in [4.78, 5) is 16.5. The third-order valence-electron chi connectivity index (χ3n) is 4.36. The van der Waals surface area contributed by atoms with Gasteiger partial charge >= 0.3 is 0 Å². The van der Waals surface area contributed by atoms with E-state index in [4.69, 9.17) is 4.74 Å². The Hall–Kier alpha value is -0.650. The number of amides is 1. The summed E-state index contributed by atoms with van der Waals surface area (Å²) in [5, 5.41) is 9.71. The summed E-state index contributed by atoms with van der Waals surface area (Å²) in [5.41, 5.74) is 0. The van der Waals surface area contributed by atoms with Crippen LogP contribution in [0.1, 0.15) is 33.6 Å². The van der Waals surface area contributed by atoms with E-state index < -0.39 is 0 Å². The number of ether oxygens (including phenoxy) is 1. The van der Waals surface area contributed by atoms with Gasteiger partial charge in [0.05, 0.1) is 24.9 Å². The molecule has 0 saturated carbocycles. The monoisotopic (exact) mass is 284 g/mol. The number of carbonyl (C=O) groups is 1. The molecule has 4 atom stereocenters. The number of rotatable bonds is 3. The molecule has 4 unspecified atom stereocenters. The van der Waals surface area contributed by atoms with Gasteiger partial charge in [-0.3, -0.25) is 9.69 Å². The first-order valence-electron chi connectivity index (χ1n) is 7.79. The minimum atomic E-state index is -0.281. The van der Waals surface area contributed by atoms with Crippen LogP contribution >= 0.6 is 0 Å². The quantitative estimate of drug-likeness (QED) is 0.829. The van der Waals surface area contributed by atoms with E-state index >= 15 is 0 Å². The Morgan fingerprint density at radius 1 is 1.30 bits per heavy atom. The summed E-state index contributed by atoms with van der Waals surface area (Å²) >= 11 is 0. The fourth-order valence-electron chi connectivity index (χ4n) is 3.30. The first-order valence-corrected chi connectivity index (χ1v) is 7.79. The molecule has 0 spiro atoms. The van der Waals surface area contributed by atoms with Gasteiger partial charge in [-0.1, -0.05) is 0 Å². The van der Waals surface area contributed by atoms with Gasteiger partial charge in [-0.2, -0.15) is 0 Å². The molecule has 20 heavy (non-hydrogen) atoms. The summed E-state index contributed by atoms with van der Waals surface area (Å²) in [5.74, 6) is 0.498. The molecule has 116 valence electrons. The van der Waals surface area contributed by atoms with Crippen molar-refractivity contribution in [2.75, 3.05) is 32.7 Å². The van der Waals surface area contributed by atoms with Crippen LogP contribution in [-0.2, 0) is 9.53 Å². The van der Waals surface area contributed by atoms with Crippen LogP contribution in [-0.4, -0.2) is 71.8 Å². The molecule has 2 aliphatic rings. The van der Waals surface area contributed by atoms with E-state index in [0.717, 1.165) is 25.9 Å². The van der Waals surface area contributed by atoms with Crippen molar-refractivity contribution in [1.82, 2.24) is 9.80 Å². The molecule has 2 aliphatic heterocycles. The molecule has 2 rings (SSSR count). The summed E-state index contributed by atoms with van der Waals surface area (Å²) < 4.78 is 5.66. The second-order valence-electron chi connectivity index (χ2n) is 6.43. The summed E-state index contributed by atoms with van der Waals surface area (Å²) in [6, 6.07) is 0. The molecule has 5 heteroatoms. The molecule has 0 aromatic heterocycles. The standard InChI is InChI=1S/C15H28N2O3/c1-11-7-17(8-12(2)20-11)15(19)10-16-6-4-5-14(9-16)13(3)18/h11-14,18H,4-10H2,1-3H3. The van der Waals surface area contributed by atoms with E-state index in [2.05, 4.69) is 4.90 Å². The lowest BCUT2D eigenvalue weighted by atomic mass is 9.93. The lowest BCUT2D eigenvalue weighted by Gasteiger charge is -2.38. The zero-order valence-corrected chi connectivity index (χ0v) is 12.9. The van der Waals surface area contributed by atoms with Crippen LogP contribution in [0.25, 0.3) is 0 Å². The van der Waals surface area contributed by atoms with Gasteiger partial charge in [-0.25, -0.2) is 0 Å². The van der Waals surface area contributed by atoms with Crippen LogP contribution in [0.5, 0.6) is 0 Å². The SMILES string of the molecule is CC1CN(C(=O)CN2CCCC(C(C)O)C2)CC(C)O1. The molecule has 0 radical (unpaired) electrons. The fraction of sp³-hybridized carbons (Fsp3) is 0.933. The first-order chi connectivity index (χ1) is 9.45. The number of likely N-dealkylation sites (tertiary alicyclic amines) is 1.